The Bertz CT molecular complexity index is 1350. The Morgan fingerprint density at radius 1 is 1.03 bits per heavy atom. The van der Waals surface area contributed by atoms with Crippen molar-refractivity contribution >= 4 is 40.6 Å². The van der Waals surface area contributed by atoms with Crippen LogP contribution in [0.25, 0.3) is 6.08 Å². The first-order valence-corrected chi connectivity index (χ1v) is 12.1. The van der Waals surface area contributed by atoms with Gasteiger partial charge in [0.1, 0.15) is 19.0 Å². The van der Waals surface area contributed by atoms with Gasteiger partial charge in [0.05, 0.1) is 30.2 Å². The van der Waals surface area contributed by atoms with E-state index in [2.05, 4.69) is 6.07 Å². The summed E-state index contributed by atoms with van der Waals surface area (Å²) in [5.74, 6) is 1.19. The molecule has 3 aromatic rings. The maximum absolute atomic E-state index is 12.8. The molecule has 0 unspecified atom stereocenters. The van der Waals surface area contributed by atoms with E-state index in [-0.39, 0.29) is 30.9 Å². The number of rotatable bonds is 9. The highest BCUT2D eigenvalue weighted by molar-refractivity contribution is 8.18. The summed E-state index contributed by atoms with van der Waals surface area (Å²) >= 11 is 6.74. The van der Waals surface area contributed by atoms with E-state index in [4.69, 9.17) is 25.8 Å². The van der Waals surface area contributed by atoms with E-state index in [9.17, 15) is 14.9 Å². The van der Waals surface area contributed by atoms with Gasteiger partial charge < -0.3 is 14.2 Å². The molecule has 3 aromatic carbocycles. The number of nitriles is 1. The molecule has 0 aromatic heterocycles. The molecule has 0 aliphatic carbocycles. The molecule has 182 valence electrons. The minimum Gasteiger partial charge on any atom is -0.493 e. The summed E-state index contributed by atoms with van der Waals surface area (Å²) in [4.78, 5) is 26.7. The average molecular weight is 521 g/mol. The summed E-state index contributed by atoms with van der Waals surface area (Å²) in [5.41, 5.74) is 1.99. The maximum atomic E-state index is 12.8. The first-order chi connectivity index (χ1) is 17.5. The third kappa shape index (κ3) is 6.00. The molecule has 1 aliphatic heterocycles. The van der Waals surface area contributed by atoms with Gasteiger partial charge in [-0.3, -0.25) is 14.5 Å². The van der Waals surface area contributed by atoms with E-state index in [1.54, 1.807) is 60.7 Å². The van der Waals surface area contributed by atoms with Gasteiger partial charge in [0.2, 0.25) is 0 Å². The summed E-state index contributed by atoms with van der Waals surface area (Å²) in [5, 5.41) is 9.49. The van der Waals surface area contributed by atoms with E-state index in [1.165, 1.54) is 7.11 Å². The van der Waals surface area contributed by atoms with Gasteiger partial charge >= 0.3 is 0 Å². The number of hydrogen-bond acceptors (Lipinski definition) is 7. The monoisotopic (exact) mass is 520 g/mol. The predicted molar refractivity (Wildman–Crippen MR) is 138 cm³/mol. The molecule has 0 N–H and O–H groups in total. The van der Waals surface area contributed by atoms with Crippen molar-refractivity contribution in [3.05, 3.63) is 93.3 Å². The quantitative estimate of drug-likeness (QED) is 0.324. The standard InChI is InChI=1S/C27H21ClN2O5S/c1-33-24-14-18(6-11-23(24)35-17-20-5-3-2-4-19(20)16-29)15-25-26(31)30(27(32)36-25)12-13-34-22-9-7-21(28)8-10-22/h2-11,14-15H,12-13,17H2,1H3/b25-15-. The van der Waals surface area contributed by atoms with Gasteiger partial charge in [0, 0.05) is 10.6 Å². The molecule has 1 saturated heterocycles. The minimum atomic E-state index is -0.378. The fraction of sp³-hybridized carbons (Fsp3) is 0.148. The highest BCUT2D eigenvalue weighted by Crippen LogP contribution is 2.35. The molecule has 36 heavy (non-hydrogen) atoms. The lowest BCUT2D eigenvalue weighted by atomic mass is 10.1. The Kier molecular flexibility index (Phi) is 8.16. The van der Waals surface area contributed by atoms with Gasteiger partial charge in [-0.1, -0.05) is 35.9 Å². The van der Waals surface area contributed by atoms with Crippen LogP contribution in [-0.2, 0) is 11.4 Å². The third-order valence-electron chi connectivity index (χ3n) is 5.28. The number of hydrogen-bond donors (Lipinski definition) is 0. The normalized spacial score (nSPS) is 14.1. The number of halogens is 1. The van der Waals surface area contributed by atoms with Crippen molar-refractivity contribution < 1.29 is 23.8 Å². The summed E-state index contributed by atoms with van der Waals surface area (Å²) < 4.78 is 16.9. The van der Waals surface area contributed by atoms with E-state index in [1.807, 2.05) is 12.1 Å². The molecule has 4 rings (SSSR count). The van der Waals surface area contributed by atoms with Crippen LogP contribution in [0.3, 0.4) is 0 Å². The number of imide groups is 1. The number of benzene rings is 3. The SMILES string of the molecule is COc1cc(/C=C2\SC(=O)N(CCOc3ccc(Cl)cc3)C2=O)ccc1OCc1ccccc1C#N. The highest BCUT2D eigenvalue weighted by atomic mass is 35.5. The van der Waals surface area contributed by atoms with Crippen LogP contribution in [-0.4, -0.2) is 36.3 Å². The van der Waals surface area contributed by atoms with Crippen LogP contribution in [0.2, 0.25) is 5.02 Å². The molecule has 9 heteroatoms. The molecule has 1 fully saturated rings. The van der Waals surface area contributed by atoms with Crippen molar-refractivity contribution in [1.82, 2.24) is 4.90 Å². The molecule has 0 saturated carbocycles. The molecular formula is C27H21ClN2O5S. The van der Waals surface area contributed by atoms with Gasteiger partial charge in [-0.05, 0) is 65.9 Å². The van der Waals surface area contributed by atoms with Crippen LogP contribution in [0, 0.1) is 11.3 Å². The highest BCUT2D eigenvalue weighted by Gasteiger charge is 2.34. The Labute approximate surface area is 217 Å². The minimum absolute atomic E-state index is 0.130. The molecular weight excluding hydrogens is 500 g/mol. The first-order valence-electron chi connectivity index (χ1n) is 10.9. The summed E-state index contributed by atoms with van der Waals surface area (Å²) in [6.07, 6.45) is 1.64. The zero-order valence-corrected chi connectivity index (χ0v) is 20.8. The van der Waals surface area contributed by atoms with Crippen molar-refractivity contribution in [2.24, 2.45) is 0 Å². The van der Waals surface area contributed by atoms with Crippen molar-refractivity contribution in [2.45, 2.75) is 6.61 Å². The average Bonchev–Trinajstić information content (AvgIpc) is 3.16. The van der Waals surface area contributed by atoms with Crippen molar-refractivity contribution in [3.63, 3.8) is 0 Å². The molecule has 0 atom stereocenters. The lowest BCUT2D eigenvalue weighted by molar-refractivity contribution is -0.123. The lowest BCUT2D eigenvalue weighted by Gasteiger charge is -2.13. The third-order valence-corrected chi connectivity index (χ3v) is 6.44. The van der Waals surface area contributed by atoms with Crippen LogP contribution in [0.1, 0.15) is 16.7 Å². The van der Waals surface area contributed by atoms with Gasteiger partial charge in [0.25, 0.3) is 11.1 Å². The Balaban J connectivity index is 1.40. The Hall–Kier alpha value is -3.93. The molecule has 0 spiro atoms. The number of nitrogens with zero attached hydrogens (tertiary/aromatic N) is 2. The predicted octanol–water partition coefficient (Wildman–Crippen LogP) is 5.91. The second-order valence-electron chi connectivity index (χ2n) is 7.60. The molecule has 0 radical (unpaired) electrons. The van der Waals surface area contributed by atoms with Crippen molar-refractivity contribution in [1.29, 1.82) is 5.26 Å². The van der Waals surface area contributed by atoms with E-state index >= 15 is 0 Å². The zero-order valence-electron chi connectivity index (χ0n) is 19.3. The van der Waals surface area contributed by atoms with Gasteiger partial charge in [0.15, 0.2) is 11.5 Å². The molecule has 0 bridgehead atoms. The molecule has 2 amide bonds. The van der Waals surface area contributed by atoms with Crippen LogP contribution in [0.5, 0.6) is 17.2 Å². The van der Waals surface area contributed by atoms with Crippen LogP contribution in [0.15, 0.2) is 71.6 Å². The summed E-state index contributed by atoms with van der Waals surface area (Å²) in [6.45, 7) is 0.503. The second kappa shape index (κ2) is 11.7. The molecule has 1 aliphatic rings. The fourth-order valence-electron chi connectivity index (χ4n) is 3.43. The lowest BCUT2D eigenvalue weighted by Crippen LogP contribution is -2.32. The van der Waals surface area contributed by atoms with Crippen LogP contribution >= 0.6 is 23.4 Å². The van der Waals surface area contributed by atoms with Crippen molar-refractivity contribution in [3.8, 4) is 23.3 Å². The molecule has 1 heterocycles. The van der Waals surface area contributed by atoms with Crippen LogP contribution < -0.4 is 14.2 Å². The molecule has 7 nitrogen and oxygen atoms in total. The van der Waals surface area contributed by atoms with Gasteiger partial charge in [-0.2, -0.15) is 5.26 Å². The number of carbonyl (C=O) groups is 2. The number of carbonyl (C=O) groups excluding carboxylic acids is 2. The maximum Gasteiger partial charge on any atom is 0.293 e. The number of thioether (sulfide) groups is 1. The second-order valence-corrected chi connectivity index (χ2v) is 9.03. The number of ether oxygens (including phenoxy) is 3. The van der Waals surface area contributed by atoms with E-state index in [0.717, 1.165) is 22.2 Å². The van der Waals surface area contributed by atoms with Gasteiger partial charge in [-0.15, -0.1) is 0 Å². The Morgan fingerprint density at radius 2 is 1.81 bits per heavy atom. The fourth-order valence-corrected chi connectivity index (χ4v) is 4.42. The first kappa shape index (κ1) is 25.2. The summed E-state index contributed by atoms with van der Waals surface area (Å²) in [7, 11) is 1.52. The number of amides is 2. The zero-order chi connectivity index (χ0) is 25.5. The smallest absolute Gasteiger partial charge is 0.293 e. The van der Waals surface area contributed by atoms with E-state index < -0.39 is 0 Å². The summed E-state index contributed by atoms with van der Waals surface area (Å²) in [6, 6.07) is 21.4. The Morgan fingerprint density at radius 3 is 2.56 bits per heavy atom. The largest absolute Gasteiger partial charge is 0.493 e. The van der Waals surface area contributed by atoms with Gasteiger partial charge in [-0.25, -0.2) is 0 Å². The topological polar surface area (TPSA) is 88.9 Å². The van der Waals surface area contributed by atoms with Crippen LogP contribution in [0.4, 0.5) is 4.79 Å². The van der Waals surface area contributed by atoms with E-state index in [0.29, 0.717) is 38.3 Å². The number of methoxy groups -OCH3 is 1. The van der Waals surface area contributed by atoms with Crippen molar-refractivity contribution in [2.75, 3.05) is 20.3 Å².